The maximum atomic E-state index is 15.3. The van der Waals surface area contributed by atoms with Gasteiger partial charge in [-0.15, -0.1) is 0 Å². The third-order valence-corrected chi connectivity index (χ3v) is 16.3. The number of esters is 3. The minimum absolute atomic E-state index is 0.0266. The second-order valence-corrected chi connectivity index (χ2v) is 18.3. The van der Waals surface area contributed by atoms with Crippen LogP contribution in [0.15, 0.2) is 53.5 Å². The summed E-state index contributed by atoms with van der Waals surface area (Å²) >= 11 is 0. The number of nitrogens with zero attached hydrogens (tertiary/aromatic N) is 3. The Kier molecular flexibility index (Phi) is 8.09. The van der Waals surface area contributed by atoms with Crippen molar-refractivity contribution in [3.63, 3.8) is 0 Å². The monoisotopic (exact) mass is 794 g/mol. The van der Waals surface area contributed by atoms with E-state index in [1.165, 1.54) is 21.1 Å². The molecule has 6 heterocycles. The summed E-state index contributed by atoms with van der Waals surface area (Å²) in [6.45, 7) is 7.95. The predicted molar refractivity (Wildman–Crippen MR) is 213 cm³/mol. The molecule has 2 aliphatic carbocycles. The van der Waals surface area contributed by atoms with Gasteiger partial charge in [0.2, 0.25) is 5.60 Å². The van der Waals surface area contributed by atoms with Gasteiger partial charge in [0.15, 0.2) is 6.10 Å². The van der Waals surface area contributed by atoms with Crippen LogP contribution in [0.3, 0.4) is 0 Å². The first-order valence-electron chi connectivity index (χ1n) is 20.9. The molecule has 5 fully saturated rings. The minimum atomic E-state index is -2.31. The Hall–Kier alpha value is -4.30. The lowest BCUT2D eigenvalue weighted by Gasteiger charge is -2.62. The fourth-order valence-corrected chi connectivity index (χ4v) is 14.4. The molecule has 10 rings (SSSR count). The van der Waals surface area contributed by atoms with Crippen LogP contribution in [0.5, 0.6) is 5.75 Å². The van der Waals surface area contributed by atoms with Crippen molar-refractivity contribution in [2.45, 2.75) is 111 Å². The third kappa shape index (κ3) is 4.26. The SMILES string of the molecule is CC[C@]1(O)C[C@H]2C[C@](C(=O)OC)(c3cc4c(cc3OC)N[C@H]3[C@@](O)(C(=O)OC)[C@H](OC(C)=O)[C@]5(CC)C=CCN6CC[C@]43[C@@H]65)C3=Nc4ccccc4[C@@]34CCN(C1)[C@@H]24. The lowest BCUT2D eigenvalue weighted by Crippen LogP contribution is -2.80. The summed E-state index contributed by atoms with van der Waals surface area (Å²) in [5, 5.41) is 28.8. The molecular formula is C45H54N4O9. The molecule has 3 N–H and O–H groups in total. The number of para-hydroxylation sites is 1. The van der Waals surface area contributed by atoms with Crippen molar-refractivity contribution in [3.05, 3.63) is 65.2 Å². The molecule has 2 aromatic carbocycles. The number of piperidine rings is 1. The molecule has 2 saturated carbocycles. The van der Waals surface area contributed by atoms with Crippen molar-refractivity contribution in [2.75, 3.05) is 52.8 Å². The molecule has 13 nitrogen and oxygen atoms in total. The van der Waals surface area contributed by atoms with Gasteiger partial charge in [-0.3, -0.25) is 24.4 Å². The first kappa shape index (κ1) is 37.9. The van der Waals surface area contributed by atoms with E-state index in [0.29, 0.717) is 68.7 Å². The average molecular weight is 795 g/mol. The Morgan fingerprint density at radius 3 is 2.40 bits per heavy atom. The largest absolute Gasteiger partial charge is 0.496 e. The van der Waals surface area contributed by atoms with Crippen molar-refractivity contribution in [1.82, 2.24) is 9.80 Å². The average Bonchev–Trinajstić information content (AvgIpc) is 4.00. The maximum Gasteiger partial charge on any atom is 0.344 e. The van der Waals surface area contributed by atoms with Crippen molar-refractivity contribution >= 4 is 35.0 Å². The topological polar surface area (TPSA) is 159 Å². The first-order chi connectivity index (χ1) is 27.8. The number of anilines is 1. The van der Waals surface area contributed by atoms with Crippen LogP contribution in [-0.2, 0) is 44.8 Å². The summed E-state index contributed by atoms with van der Waals surface area (Å²) in [6, 6.07) is 10.9. The van der Waals surface area contributed by atoms with Gasteiger partial charge in [-0.25, -0.2) is 4.79 Å². The predicted octanol–water partition coefficient (Wildman–Crippen LogP) is 3.69. The van der Waals surface area contributed by atoms with E-state index in [1.807, 2.05) is 50.3 Å². The van der Waals surface area contributed by atoms with Gasteiger partial charge in [0.05, 0.1) is 49.8 Å². The first-order valence-corrected chi connectivity index (χ1v) is 20.9. The zero-order valence-corrected chi connectivity index (χ0v) is 34.2. The van der Waals surface area contributed by atoms with E-state index in [4.69, 9.17) is 23.9 Å². The van der Waals surface area contributed by atoms with Gasteiger partial charge in [-0.05, 0) is 80.8 Å². The number of methoxy groups -OCH3 is 3. The van der Waals surface area contributed by atoms with E-state index < -0.39 is 62.9 Å². The summed E-state index contributed by atoms with van der Waals surface area (Å²) in [7, 11) is 4.26. The Labute approximate surface area is 338 Å². The summed E-state index contributed by atoms with van der Waals surface area (Å²) in [5.74, 6) is -1.61. The number of nitrogens with one attached hydrogen (secondary N) is 1. The molecule has 308 valence electrons. The number of ether oxygens (including phenoxy) is 4. The fourth-order valence-electron chi connectivity index (χ4n) is 14.4. The molecule has 0 bridgehead atoms. The van der Waals surface area contributed by atoms with E-state index in [1.54, 1.807) is 7.11 Å². The molecule has 0 radical (unpaired) electrons. The molecule has 2 spiro atoms. The van der Waals surface area contributed by atoms with Gasteiger partial charge in [0, 0.05) is 60.2 Å². The highest BCUT2D eigenvalue weighted by molar-refractivity contribution is 6.21. The van der Waals surface area contributed by atoms with Gasteiger partial charge < -0.3 is 34.5 Å². The summed E-state index contributed by atoms with van der Waals surface area (Å²) in [4.78, 5) is 52.7. The van der Waals surface area contributed by atoms with Crippen LogP contribution in [0.25, 0.3) is 0 Å². The van der Waals surface area contributed by atoms with Gasteiger partial charge in [0.1, 0.15) is 11.2 Å². The van der Waals surface area contributed by atoms with E-state index >= 15 is 4.79 Å². The molecule has 11 atom stereocenters. The molecule has 0 aromatic heterocycles. The van der Waals surface area contributed by atoms with Crippen molar-refractivity contribution in [2.24, 2.45) is 16.3 Å². The number of hydrogen-bond donors (Lipinski definition) is 3. The van der Waals surface area contributed by atoms with Crippen molar-refractivity contribution in [1.29, 1.82) is 0 Å². The number of aliphatic hydroxyl groups is 2. The van der Waals surface area contributed by atoms with Crippen LogP contribution in [0.1, 0.15) is 76.0 Å². The highest BCUT2D eigenvalue weighted by atomic mass is 16.6. The molecule has 13 heteroatoms. The number of carbonyl (C=O) groups is 3. The number of aliphatic imine (C=N–C) groups is 1. The highest BCUT2D eigenvalue weighted by Gasteiger charge is 2.80. The van der Waals surface area contributed by atoms with E-state index in [9.17, 15) is 19.8 Å². The molecular weight excluding hydrogens is 741 g/mol. The molecule has 58 heavy (non-hydrogen) atoms. The summed E-state index contributed by atoms with van der Waals surface area (Å²) < 4.78 is 23.7. The lowest BCUT2D eigenvalue weighted by molar-refractivity contribution is -0.226. The molecule has 0 unspecified atom stereocenters. The Morgan fingerprint density at radius 1 is 0.931 bits per heavy atom. The van der Waals surface area contributed by atoms with E-state index in [0.717, 1.165) is 35.5 Å². The van der Waals surface area contributed by atoms with Gasteiger partial charge in [-0.1, -0.05) is 44.2 Å². The van der Waals surface area contributed by atoms with E-state index in [-0.39, 0.29) is 18.0 Å². The van der Waals surface area contributed by atoms with Crippen molar-refractivity contribution in [3.8, 4) is 5.75 Å². The standard InChI is InChI=1S/C45H54N4O9/c1-7-40(53)22-26-23-44(38(51)56-5,34-42(15-19-49(24-40)33(26)42)27-12-9-10-13-30(27)46-34)29-20-28-31(21-32(29)55-4)47-35-43(28)16-18-48-17-11-14-41(8-2,36(43)48)37(58-25(3)50)45(35,54)39(52)57-6/h9-14,20-21,26,33,35-37,47,53-54H,7-8,15-19,22-24H2,1-6H3/t26-,33-,35+,36-,37+,40-,41+,42+,43-,44-,45-/m0/s1. The quantitative estimate of drug-likeness (QED) is 0.213. The zero-order valence-electron chi connectivity index (χ0n) is 34.2. The number of hydrogen-bond acceptors (Lipinski definition) is 13. The highest BCUT2D eigenvalue weighted by Crippen LogP contribution is 2.68. The van der Waals surface area contributed by atoms with Crippen LogP contribution < -0.4 is 10.1 Å². The molecule has 2 aromatic rings. The number of fused-ring (bicyclic) bond motifs is 2. The lowest BCUT2D eigenvalue weighted by atomic mass is 9.47. The van der Waals surface area contributed by atoms with Gasteiger partial charge >= 0.3 is 17.9 Å². The van der Waals surface area contributed by atoms with Crippen LogP contribution in [0.4, 0.5) is 11.4 Å². The molecule has 8 aliphatic rings. The van der Waals surface area contributed by atoms with Crippen LogP contribution in [0.2, 0.25) is 0 Å². The van der Waals surface area contributed by atoms with Gasteiger partial charge in [0.25, 0.3) is 0 Å². The molecule has 3 saturated heterocycles. The van der Waals surface area contributed by atoms with Crippen LogP contribution in [-0.4, -0.2) is 127 Å². The number of carbonyl (C=O) groups excluding carboxylic acids is 3. The second-order valence-electron chi connectivity index (χ2n) is 18.3. The Balaban J connectivity index is 1.25. The normalized spacial score (nSPS) is 41.2. The summed E-state index contributed by atoms with van der Waals surface area (Å²) in [5.41, 5.74) is -2.38. The summed E-state index contributed by atoms with van der Waals surface area (Å²) in [6.07, 6.45) is 6.02. The smallest absolute Gasteiger partial charge is 0.344 e. The van der Waals surface area contributed by atoms with Gasteiger partial charge in [-0.2, -0.15) is 0 Å². The van der Waals surface area contributed by atoms with Crippen LogP contribution in [0, 0.1) is 11.3 Å². The number of rotatable bonds is 7. The fraction of sp³-hybridized carbons (Fsp3) is 0.600. The number of benzene rings is 2. The Bertz CT molecular complexity index is 2210. The van der Waals surface area contributed by atoms with Crippen molar-refractivity contribution < 1.29 is 43.5 Å². The zero-order chi connectivity index (χ0) is 40.8. The molecule has 6 aliphatic heterocycles. The maximum absolute atomic E-state index is 15.3. The van der Waals surface area contributed by atoms with E-state index in [2.05, 4.69) is 27.2 Å². The third-order valence-electron chi connectivity index (χ3n) is 16.3. The molecule has 0 amide bonds. The van der Waals surface area contributed by atoms with Crippen LogP contribution >= 0.6 is 0 Å². The Morgan fingerprint density at radius 2 is 1.69 bits per heavy atom. The minimum Gasteiger partial charge on any atom is -0.496 e. The second kappa shape index (κ2) is 12.4.